The number of primary amides is 1. The molecule has 0 saturated carbocycles. The van der Waals surface area contributed by atoms with E-state index in [0.29, 0.717) is 6.42 Å². The van der Waals surface area contributed by atoms with Gasteiger partial charge in [-0.1, -0.05) is 30.3 Å². The molecule has 0 fully saturated rings. The van der Waals surface area contributed by atoms with E-state index in [2.05, 4.69) is 5.32 Å². The number of nitrogens with two attached hydrogens (primary N) is 2. The molecule has 20 heavy (non-hydrogen) atoms. The first-order valence-electron chi connectivity index (χ1n) is 6.58. The molecule has 0 aliphatic heterocycles. The maximum Gasteiger partial charge on any atom is 0.218 e. The van der Waals surface area contributed by atoms with Crippen LogP contribution < -0.4 is 16.8 Å². The minimum Gasteiger partial charge on any atom is -0.370 e. The van der Waals surface area contributed by atoms with Crippen molar-refractivity contribution in [1.29, 1.82) is 0 Å². The van der Waals surface area contributed by atoms with Crippen molar-refractivity contribution in [2.75, 3.05) is 5.32 Å². The van der Waals surface area contributed by atoms with Gasteiger partial charge in [0.2, 0.25) is 5.91 Å². The zero-order valence-corrected chi connectivity index (χ0v) is 11.3. The van der Waals surface area contributed by atoms with Crippen molar-refractivity contribution in [3.05, 3.63) is 60.2 Å². The van der Waals surface area contributed by atoms with Crippen molar-refractivity contribution in [1.82, 2.24) is 0 Å². The fraction of sp³-hybridized carbons (Fsp3) is 0.188. The van der Waals surface area contributed by atoms with Crippen LogP contribution in [0.5, 0.6) is 0 Å². The van der Waals surface area contributed by atoms with Crippen molar-refractivity contribution in [2.24, 2.45) is 11.5 Å². The van der Waals surface area contributed by atoms with Crippen molar-refractivity contribution in [3.8, 4) is 0 Å². The van der Waals surface area contributed by atoms with Crippen LogP contribution in [0.3, 0.4) is 0 Å². The van der Waals surface area contributed by atoms with E-state index in [1.165, 1.54) is 0 Å². The van der Waals surface area contributed by atoms with Gasteiger partial charge in [-0.3, -0.25) is 4.79 Å². The van der Waals surface area contributed by atoms with E-state index >= 15 is 0 Å². The first-order chi connectivity index (χ1) is 9.63. The molecule has 2 aromatic rings. The highest BCUT2D eigenvalue weighted by molar-refractivity contribution is 5.74. The largest absolute Gasteiger partial charge is 0.370 e. The number of hydrogen-bond acceptors (Lipinski definition) is 3. The Kier molecular flexibility index (Phi) is 4.74. The van der Waals surface area contributed by atoms with E-state index in [-0.39, 0.29) is 18.4 Å². The minimum atomic E-state index is -0.361. The van der Waals surface area contributed by atoms with Crippen LogP contribution in [0.15, 0.2) is 54.6 Å². The van der Waals surface area contributed by atoms with E-state index in [1.54, 1.807) is 0 Å². The molecule has 0 radical (unpaired) electrons. The third-order valence-electron chi connectivity index (χ3n) is 2.98. The molecule has 0 aliphatic rings. The second-order valence-electron chi connectivity index (χ2n) is 4.82. The van der Waals surface area contributed by atoms with Gasteiger partial charge in [-0.25, -0.2) is 0 Å². The van der Waals surface area contributed by atoms with Crippen molar-refractivity contribution in [3.63, 3.8) is 0 Å². The van der Waals surface area contributed by atoms with Crippen LogP contribution in [0.25, 0.3) is 0 Å². The first-order valence-corrected chi connectivity index (χ1v) is 6.58. The number of carbonyl (C=O) groups is 1. The molecule has 4 nitrogen and oxygen atoms in total. The van der Waals surface area contributed by atoms with Crippen LogP contribution in [-0.4, -0.2) is 11.9 Å². The summed E-state index contributed by atoms with van der Waals surface area (Å²) >= 11 is 0. The Morgan fingerprint density at radius 1 is 1.00 bits per heavy atom. The van der Waals surface area contributed by atoms with Gasteiger partial charge in [0.15, 0.2) is 0 Å². The summed E-state index contributed by atoms with van der Waals surface area (Å²) in [6, 6.07) is 17.8. The number of carbonyl (C=O) groups excluding carboxylic acids is 1. The highest BCUT2D eigenvalue weighted by atomic mass is 16.1. The maximum absolute atomic E-state index is 10.8. The van der Waals surface area contributed by atoms with Gasteiger partial charge in [0.1, 0.15) is 0 Å². The summed E-state index contributed by atoms with van der Waals surface area (Å²) < 4.78 is 0. The third-order valence-corrected chi connectivity index (χ3v) is 2.98. The number of para-hydroxylation sites is 1. The Labute approximate surface area is 118 Å². The molecule has 2 rings (SSSR count). The number of amides is 1. The highest BCUT2D eigenvalue weighted by Crippen LogP contribution is 2.17. The van der Waals surface area contributed by atoms with E-state index < -0.39 is 0 Å². The van der Waals surface area contributed by atoms with E-state index in [4.69, 9.17) is 11.5 Å². The molecule has 4 heteroatoms. The average molecular weight is 269 g/mol. The topological polar surface area (TPSA) is 81.1 Å². The average Bonchev–Trinajstić information content (AvgIpc) is 2.41. The van der Waals surface area contributed by atoms with Gasteiger partial charge in [0.25, 0.3) is 0 Å². The highest BCUT2D eigenvalue weighted by Gasteiger charge is 2.07. The third kappa shape index (κ3) is 4.40. The van der Waals surface area contributed by atoms with Crippen LogP contribution in [0.2, 0.25) is 0 Å². The Morgan fingerprint density at radius 3 is 2.20 bits per heavy atom. The lowest BCUT2D eigenvalue weighted by atomic mass is 10.0. The van der Waals surface area contributed by atoms with E-state index in [9.17, 15) is 4.79 Å². The van der Waals surface area contributed by atoms with Gasteiger partial charge in [0, 0.05) is 23.8 Å². The Morgan fingerprint density at radius 2 is 1.60 bits per heavy atom. The summed E-state index contributed by atoms with van der Waals surface area (Å²) in [5.74, 6) is -0.361. The number of benzene rings is 2. The smallest absolute Gasteiger partial charge is 0.218 e. The van der Waals surface area contributed by atoms with Crippen molar-refractivity contribution < 1.29 is 4.79 Å². The van der Waals surface area contributed by atoms with Crippen LogP contribution in [0, 0.1) is 0 Å². The van der Waals surface area contributed by atoms with Gasteiger partial charge in [-0.2, -0.15) is 0 Å². The van der Waals surface area contributed by atoms with Crippen molar-refractivity contribution >= 4 is 17.3 Å². The lowest BCUT2D eigenvalue weighted by molar-refractivity contribution is -0.118. The normalized spacial score (nSPS) is 11.8. The van der Waals surface area contributed by atoms with E-state index in [0.717, 1.165) is 16.9 Å². The predicted octanol–water partition coefficient (Wildman–Crippen LogP) is 2.18. The van der Waals surface area contributed by atoms with Gasteiger partial charge in [-0.15, -0.1) is 0 Å². The number of hydrogen-bond donors (Lipinski definition) is 3. The molecule has 1 atom stereocenters. The second kappa shape index (κ2) is 6.73. The molecule has 0 aliphatic carbocycles. The molecule has 0 saturated heterocycles. The SMILES string of the molecule is NC(=O)CC(N)Cc1ccc(Nc2ccccc2)cc1. The maximum atomic E-state index is 10.8. The number of anilines is 2. The fourth-order valence-electron chi connectivity index (χ4n) is 2.05. The first kappa shape index (κ1) is 14.1. The molecule has 104 valence electrons. The zero-order valence-electron chi connectivity index (χ0n) is 11.3. The molecular weight excluding hydrogens is 250 g/mol. The summed E-state index contributed by atoms with van der Waals surface area (Å²) in [4.78, 5) is 10.8. The Hall–Kier alpha value is -2.33. The molecule has 1 amide bonds. The van der Waals surface area contributed by atoms with Gasteiger partial charge in [0.05, 0.1) is 0 Å². The van der Waals surface area contributed by atoms with Gasteiger partial charge in [-0.05, 0) is 36.2 Å². The number of nitrogens with one attached hydrogen (secondary N) is 1. The molecule has 0 heterocycles. The lowest BCUT2D eigenvalue weighted by Gasteiger charge is -2.11. The minimum absolute atomic E-state index is 0.212. The molecule has 0 aromatic heterocycles. The summed E-state index contributed by atoms with van der Waals surface area (Å²) in [7, 11) is 0. The summed E-state index contributed by atoms with van der Waals surface area (Å²) in [5.41, 5.74) is 14.1. The molecule has 1 unspecified atom stereocenters. The second-order valence-corrected chi connectivity index (χ2v) is 4.82. The quantitative estimate of drug-likeness (QED) is 0.751. The summed E-state index contributed by atoms with van der Waals surface area (Å²) in [6.45, 7) is 0. The van der Waals surface area contributed by atoms with Gasteiger partial charge >= 0.3 is 0 Å². The summed E-state index contributed by atoms with van der Waals surface area (Å²) in [6.07, 6.45) is 0.860. The molecule has 5 N–H and O–H groups in total. The van der Waals surface area contributed by atoms with Gasteiger partial charge < -0.3 is 16.8 Å². The molecular formula is C16H19N3O. The van der Waals surface area contributed by atoms with E-state index in [1.807, 2.05) is 54.6 Å². The summed E-state index contributed by atoms with van der Waals surface area (Å²) in [5, 5.41) is 3.31. The molecule has 0 spiro atoms. The standard InChI is InChI=1S/C16H19N3O/c17-13(11-16(18)20)10-12-6-8-15(9-7-12)19-14-4-2-1-3-5-14/h1-9,13,19H,10-11,17H2,(H2,18,20). The van der Waals surface area contributed by atoms with Crippen molar-refractivity contribution in [2.45, 2.75) is 18.9 Å². The zero-order chi connectivity index (χ0) is 14.4. The Bertz CT molecular complexity index is 552. The van der Waals surface area contributed by atoms with Crippen LogP contribution in [0.1, 0.15) is 12.0 Å². The lowest BCUT2D eigenvalue weighted by Crippen LogP contribution is -2.29. The molecule has 0 bridgehead atoms. The molecule has 2 aromatic carbocycles. The van der Waals surface area contributed by atoms with Crippen LogP contribution >= 0.6 is 0 Å². The van der Waals surface area contributed by atoms with Crippen LogP contribution in [0.4, 0.5) is 11.4 Å². The monoisotopic (exact) mass is 269 g/mol. The number of rotatable bonds is 6. The fourth-order valence-corrected chi connectivity index (χ4v) is 2.05. The van der Waals surface area contributed by atoms with Crippen LogP contribution in [-0.2, 0) is 11.2 Å². The Balaban J connectivity index is 1.94. The predicted molar refractivity (Wildman–Crippen MR) is 81.7 cm³/mol.